The van der Waals surface area contributed by atoms with Crippen LogP contribution in [0.15, 0.2) is 40.5 Å². The molecule has 10 heteroatoms. The van der Waals surface area contributed by atoms with Crippen molar-refractivity contribution in [3.05, 3.63) is 51.6 Å². The molecule has 3 aromatic rings. The van der Waals surface area contributed by atoms with Crippen LogP contribution in [0.5, 0.6) is 0 Å². The summed E-state index contributed by atoms with van der Waals surface area (Å²) in [4.78, 5) is 32.6. The third-order valence-electron chi connectivity index (χ3n) is 4.87. The molecule has 3 heterocycles. The van der Waals surface area contributed by atoms with E-state index >= 15 is 0 Å². The van der Waals surface area contributed by atoms with Crippen molar-refractivity contribution in [2.75, 3.05) is 10.6 Å². The summed E-state index contributed by atoms with van der Waals surface area (Å²) in [5.41, 5.74) is 2.70. The molecule has 0 atom stereocenters. The van der Waals surface area contributed by atoms with Crippen molar-refractivity contribution in [1.29, 1.82) is 0 Å². The molecule has 1 aliphatic heterocycles. The van der Waals surface area contributed by atoms with Crippen molar-refractivity contribution in [1.82, 2.24) is 24.9 Å². The molecule has 30 heavy (non-hydrogen) atoms. The molecule has 152 valence electrons. The molecule has 0 radical (unpaired) electrons. The van der Waals surface area contributed by atoms with E-state index in [9.17, 15) is 9.59 Å². The highest BCUT2D eigenvalue weighted by atomic mass is 79.9. The highest BCUT2D eigenvalue weighted by Crippen LogP contribution is 2.26. The topological polar surface area (TPSA) is 113 Å². The van der Waals surface area contributed by atoms with Gasteiger partial charge in [0.1, 0.15) is 0 Å². The molecular formula is C20H18BrN7O2. The normalized spacial score (nSPS) is 17.6. The van der Waals surface area contributed by atoms with E-state index in [0.717, 1.165) is 22.9 Å². The van der Waals surface area contributed by atoms with Gasteiger partial charge in [-0.3, -0.25) is 14.9 Å². The Kier molecular flexibility index (Phi) is 4.70. The summed E-state index contributed by atoms with van der Waals surface area (Å²) in [5, 5.41) is 13.3. The fourth-order valence-corrected chi connectivity index (χ4v) is 3.66. The van der Waals surface area contributed by atoms with E-state index in [4.69, 9.17) is 0 Å². The number of imide groups is 1. The Morgan fingerprint density at radius 2 is 2.13 bits per heavy atom. The summed E-state index contributed by atoms with van der Waals surface area (Å²) in [7, 11) is 0. The predicted octanol–water partition coefficient (Wildman–Crippen LogP) is 2.50. The zero-order chi connectivity index (χ0) is 20.7. The third kappa shape index (κ3) is 3.90. The Labute approximate surface area is 180 Å². The van der Waals surface area contributed by atoms with Crippen LogP contribution in [0.1, 0.15) is 30.4 Å². The molecule has 2 fully saturated rings. The molecule has 2 aliphatic rings. The first-order chi connectivity index (χ1) is 14.5. The molecule has 5 rings (SSSR count). The minimum atomic E-state index is -0.377. The molecule has 1 saturated heterocycles. The van der Waals surface area contributed by atoms with Crippen molar-refractivity contribution in [3.63, 3.8) is 0 Å². The Morgan fingerprint density at radius 1 is 1.27 bits per heavy atom. The molecule has 1 aliphatic carbocycles. The first-order valence-electron chi connectivity index (χ1n) is 9.60. The summed E-state index contributed by atoms with van der Waals surface area (Å²) >= 11 is 3.48. The lowest BCUT2D eigenvalue weighted by Crippen LogP contribution is -2.19. The van der Waals surface area contributed by atoms with E-state index in [2.05, 4.69) is 46.9 Å². The van der Waals surface area contributed by atoms with Gasteiger partial charge in [0.05, 0.1) is 12.6 Å². The summed E-state index contributed by atoms with van der Waals surface area (Å²) < 4.78 is 2.63. The van der Waals surface area contributed by atoms with Crippen molar-refractivity contribution in [2.24, 2.45) is 0 Å². The predicted molar refractivity (Wildman–Crippen MR) is 115 cm³/mol. The van der Waals surface area contributed by atoms with Gasteiger partial charge in [-0.15, -0.1) is 0 Å². The second-order valence-corrected chi connectivity index (χ2v) is 8.25. The monoisotopic (exact) mass is 467 g/mol. The third-order valence-corrected chi connectivity index (χ3v) is 5.36. The van der Waals surface area contributed by atoms with Gasteiger partial charge in [-0.2, -0.15) is 19.6 Å². The quantitative estimate of drug-likeness (QED) is 0.376. The average Bonchev–Trinajstić information content (AvgIpc) is 3.35. The summed E-state index contributed by atoms with van der Waals surface area (Å²) in [6.45, 7) is 0.556. The maximum atomic E-state index is 11.9. The number of aromatic nitrogens is 4. The molecule has 3 N–H and O–H groups in total. The lowest BCUT2D eigenvalue weighted by molar-refractivity contribution is -0.124. The highest BCUT2D eigenvalue weighted by molar-refractivity contribution is 9.10. The number of nitrogens with one attached hydrogen (secondary N) is 3. The summed E-state index contributed by atoms with van der Waals surface area (Å²) in [6, 6.07) is 8.37. The van der Waals surface area contributed by atoms with Crippen LogP contribution in [0.2, 0.25) is 0 Å². The van der Waals surface area contributed by atoms with Crippen molar-refractivity contribution < 1.29 is 9.59 Å². The fraction of sp³-hybridized carbons (Fsp3) is 0.250. The zero-order valence-electron chi connectivity index (χ0n) is 15.9. The summed E-state index contributed by atoms with van der Waals surface area (Å²) in [6.07, 6.45) is 5.53. The number of anilines is 2. The van der Waals surface area contributed by atoms with Crippen LogP contribution in [0.3, 0.4) is 0 Å². The molecular weight excluding hydrogens is 450 g/mol. The van der Waals surface area contributed by atoms with E-state index < -0.39 is 0 Å². The minimum Gasteiger partial charge on any atom is -0.351 e. The maximum absolute atomic E-state index is 11.9. The number of fused-ring (bicyclic) bond motifs is 1. The number of hydrogen-bond donors (Lipinski definition) is 3. The SMILES string of the molecule is O=C1C/C(=C\c2cnn3c(NC4CC4)nc(NCc4cccc(Br)c4)nc23)C(=O)N1. The maximum Gasteiger partial charge on any atom is 0.254 e. The van der Waals surface area contributed by atoms with Crippen LogP contribution in [-0.2, 0) is 16.1 Å². The lowest BCUT2D eigenvalue weighted by Gasteiger charge is -2.10. The van der Waals surface area contributed by atoms with Gasteiger partial charge in [-0.05, 0) is 36.6 Å². The van der Waals surface area contributed by atoms with E-state index in [1.807, 2.05) is 24.3 Å². The first kappa shape index (κ1) is 18.7. The highest BCUT2D eigenvalue weighted by Gasteiger charge is 2.26. The Bertz CT molecular complexity index is 1200. The number of halogens is 1. The smallest absolute Gasteiger partial charge is 0.254 e. The van der Waals surface area contributed by atoms with E-state index in [1.165, 1.54) is 0 Å². The number of carbonyl (C=O) groups is 2. The molecule has 0 bridgehead atoms. The van der Waals surface area contributed by atoms with Gasteiger partial charge in [0.2, 0.25) is 17.8 Å². The van der Waals surface area contributed by atoms with Gasteiger partial charge in [0.15, 0.2) is 5.65 Å². The van der Waals surface area contributed by atoms with Gasteiger partial charge >= 0.3 is 0 Å². The van der Waals surface area contributed by atoms with E-state index in [0.29, 0.717) is 41.3 Å². The second kappa shape index (κ2) is 7.52. The minimum absolute atomic E-state index is 0.0580. The number of rotatable bonds is 6. The number of benzene rings is 1. The number of hydrogen-bond acceptors (Lipinski definition) is 7. The number of carbonyl (C=O) groups excluding carboxylic acids is 2. The molecule has 1 aromatic carbocycles. The molecule has 2 aromatic heterocycles. The van der Waals surface area contributed by atoms with Gasteiger partial charge in [0.25, 0.3) is 5.91 Å². The Morgan fingerprint density at radius 3 is 2.87 bits per heavy atom. The largest absolute Gasteiger partial charge is 0.351 e. The Balaban J connectivity index is 1.50. The van der Waals surface area contributed by atoms with Crippen LogP contribution < -0.4 is 16.0 Å². The average molecular weight is 468 g/mol. The lowest BCUT2D eigenvalue weighted by atomic mass is 10.1. The molecule has 0 spiro atoms. The second-order valence-electron chi connectivity index (χ2n) is 7.33. The van der Waals surface area contributed by atoms with Crippen LogP contribution in [0, 0.1) is 0 Å². The van der Waals surface area contributed by atoms with Gasteiger partial charge in [0, 0.05) is 28.2 Å². The molecule has 9 nitrogen and oxygen atoms in total. The fourth-order valence-electron chi connectivity index (χ4n) is 3.22. The summed E-state index contributed by atoms with van der Waals surface area (Å²) in [5.74, 6) is 0.371. The van der Waals surface area contributed by atoms with Gasteiger partial charge in [-0.25, -0.2) is 0 Å². The molecule has 0 unspecified atom stereocenters. The van der Waals surface area contributed by atoms with Gasteiger partial charge in [-0.1, -0.05) is 28.1 Å². The molecule has 2 amide bonds. The standard InChI is InChI=1S/C20H18BrN7O2/c21-14-3-1-2-11(6-14)9-22-19-26-17-13(7-12-8-16(29)25-18(12)30)10-23-28(17)20(27-19)24-15-4-5-15/h1-3,6-7,10,15H,4-5,8-9H2,(H,25,29,30)(H2,22,24,26,27)/b12-7+. The first-order valence-corrected chi connectivity index (χ1v) is 10.4. The van der Waals surface area contributed by atoms with Gasteiger partial charge < -0.3 is 10.6 Å². The van der Waals surface area contributed by atoms with Crippen LogP contribution in [0.25, 0.3) is 11.7 Å². The van der Waals surface area contributed by atoms with Crippen LogP contribution >= 0.6 is 15.9 Å². The van der Waals surface area contributed by atoms with Crippen LogP contribution in [-0.4, -0.2) is 37.4 Å². The van der Waals surface area contributed by atoms with Crippen molar-refractivity contribution >= 4 is 51.4 Å². The van der Waals surface area contributed by atoms with Crippen LogP contribution in [0.4, 0.5) is 11.9 Å². The number of amides is 2. The molecule has 1 saturated carbocycles. The zero-order valence-corrected chi connectivity index (χ0v) is 17.4. The van der Waals surface area contributed by atoms with Crippen molar-refractivity contribution in [2.45, 2.75) is 31.8 Å². The Hall–Kier alpha value is -3.27. The van der Waals surface area contributed by atoms with E-state index in [1.54, 1.807) is 16.8 Å². The van der Waals surface area contributed by atoms with Crippen molar-refractivity contribution in [3.8, 4) is 0 Å². The number of nitrogens with zero attached hydrogens (tertiary/aromatic N) is 4. The van der Waals surface area contributed by atoms with E-state index in [-0.39, 0.29) is 18.2 Å².